The van der Waals surface area contributed by atoms with Crippen LogP contribution in [0.15, 0.2) is 34.8 Å². The van der Waals surface area contributed by atoms with Crippen molar-refractivity contribution in [3.63, 3.8) is 0 Å². The maximum Gasteiger partial charge on any atom is 0.244 e. The van der Waals surface area contributed by atoms with Crippen molar-refractivity contribution in [3.8, 4) is 0 Å². The summed E-state index contributed by atoms with van der Waals surface area (Å²) in [6.07, 6.45) is 3.05. The van der Waals surface area contributed by atoms with Crippen molar-refractivity contribution in [2.24, 2.45) is 0 Å². The maximum absolute atomic E-state index is 12.2. The third kappa shape index (κ3) is 3.50. The Morgan fingerprint density at radius 1 is 1.42 bits per heavy atom. The Hall–Kier alpha value is -1.02. The average molecular weight is 318 g/mol. The van der Waals surface area contributed by atoms with E-state index in [1.807, 2.05) is 24.4 Å². The van der Waals surface area contributed by atoms with Gasteiger partial charge in [0.15, 0.2) is 0 Å². The molecule has 2 heterocycles. The Morgan fingerprint density at radius 3 is 2.63 bits per heavy atom. The highest BCUT2D eigenvalue weighted by molar-refractivity contribution is 7.89. The molecule has 102 valence electrons. The lowest BCUT2D eigenvalue weighted by Crippen LogP contribution is -2.28. The van der Waals surface area contributed by atoms with Gasteiger partial charge in [-0.05, 0) is 29.5 Å². The van der Waals surface area contributed by atoms with Crippen LogP contribution in [-0.4, -0.2) is 18.4 Å². The van der Waals surface area contributed by atoms with Crippen molar-refractivity contribution in [1.29, 1.82) is 0 Å². The van der Waals surface area contributed by atoms with Crippen LogP contribution in [0.25, 0.3) is 0 Å². The molecule has 0 aromatic carbocycles. The minimum absolute atomic E-state index is 0.00639. The molecule has 0 amide bonds. The summed E-state index contributed by atoms with van der Waals surface area (Å²) in [5.74, 6) is 0. The van der Waals surface area contributed by atoms with Gasteiger partial charge in [-0.1, -0.05) is 13.0 Å². The summed E-state index contributed by atoms with van der Waals surface area (Å²) in [6.45, 7) is 1.92. The van der Waals surface area contributed by atoms with E-state index in [-0.39, 0.29) is 16.2 Å². The van der Waals surface area contributed by atoms with Crippen molar-refractivity contribution in [1.82, 2.24) is 14.7 Å². The summed E-state index contributed by atoms with van der Waals surface area (Å²) in [6, 6.07) is 3.54. The maximum atomic E-state index is 12.2. The molecule has 0 bridgehead atoms. The van der Waals surface area contributed by atoms with Crippen LogP contribution in [-0.2, 0) is 10.0 Å². The largest absolute Gasteiger partial charge is 0.244 e. The van der Waals surface area contributed by atoms with Gasteiger partial charge in [-0.25, -0.2) is 23.1 Å². The number of sulfonamides is 1. The second-order valence-electron chi connectivity index (χ2n) is 3.79. The fraction of sp³-hybridized carbons (Fsp3) is 0.273. The molecule has 0 aliphatic heterocycles. The van der Waals surface area contributed by atoms with Gasteiger partial charge in [-0.3, -0.25) is 0 Å². The number of nitrogens with one attached hydrogen (secondary N) is 1. The Balaban J connectivity index is 2.23. The fourth-order valence-electron chi connectivity index (χ4n) is 1.53. The molecule has 2 aromatic rings. The fourth-order valence-corrected chi connectivity index (χ4v) is 3.75. The highest BCUT2D eigenvalue weighted by Gasteiger charge is 2.21. The zero-order valence-electron chi connectivity index (χ0n) is 10.1. The second kappa shape index (κ2) is 5.96. The number of halogens is 1. The van der Waals surface area contributed by atoms with Crippen LogP contribution < -0.4 is 4.72 Å². The molecule has 2 rings (SSSR count). The van der Waals surface area contributed by atoms with Crippen molar-refractivity contribution in [3.05, 3.63) is 40.1 Å². The number of rotatable bonds is 5. The van der Waals surface area contributed by atoms with Gasteiger partial charge >= 0.3 is 0 Å². The number of aromatic nitrogens is 2. The Morgan fingerprint density at radius 2 is 2.11 bits per heavy atom. The zero-order chi connectivity index (χ0) is 13.9. The van der Waals surface area contributed by atoms with Crippen molar-refractivity contribution < 1.29 is 8.42 Å². The van der Waals surface area contributed by atoms with Crippen LogP contribution in [0.2, 0.25) is 5.28 Å². The van der Waals surface area contributed by atoms with Gasteiger partial charge in [0.25, 0.3) is 0 Å². The van der Waals surface area contributed by atoms with Gasteiger partial charge in [0.05, 0.1) is 18.4 Å². The summed E-state index contributed by atoms with van der Waals surface area (Å²) >= 11 is 7.05. The normalized spacial score (nSPS) is 13.4. The van der Waals surface area contributed by atoms with E-state index in [9.17, 15) is 8.42 Å². The molecule has 0 fully saturated rings. The minimum atomic E-state index is -3.64. The van der Waals surface area contributed by atoms with Crippen LogP contribution in [0.5, 0.6) is 0 Å². The van der Waals surface area contributed by atoms with Crippen molar-refractivity contribution in [2.45, 2.75) is 24.3 Å². The number of hydrogen-bond acceptors (Lipinski definition) is 5. The highest BCUT2D eigenvalue weighted by atomic mass is 35.5. The number of hydrogen-bond donors (Lipinski definition) is 1. The first-order valence-electron chi connectivity index (χ1n) is 5.56. The van der Waals surface area contributed by atoms with E-state index in [1.54, 1.807) is 0 Å². The van der Waals surface area contributed by atoms with E-state index in [2.05, 4.69) is 14.7 Å². The van der Waals surface area contributed by atoms with Crippen LogP contribution in [0, 0.1) is 0 Å². The van der Waals surface area contributed by atoms with Gasteiger partial charge in [0.1, 0.15) is 4.90 Å². The molecule has 8 heteroatoms. The number of nitrogens with zero attached hydrogens (tertiary/aromatic N) is 2. The van der Waals surface area contributed by atoms with E-state index in [4.69, 9.17) is 11.6 Å². The monoisotopic (exact) mass is 317 g/mol. The predicted octanol–water partition coefficient (Wildman–Crippen LogP) is 2.62. The van der Waals surface area contributed by atoms with E-state index < -0.39 is 10.0 Å². The Kier molecular flexibility index (Phi) is 4.51. The summed E-state index contributed by atoms with van der Waals surface area (Å²) in [7, 11) is -3.64. The van der Waals surface area contributed by atoms with Gasteiger partial charge in [-0.2, -0.15) is 0 Å². The number of thiophene rings is 1. The van der Waals surface area contributed by atoms with E-state index >= 15 is 0 Å². The van der Waals surface area contributed by atoms with Gasteiger partial charge in [0, 0.05) is 4.88 Å². The van der Waals surface area contributed by atoms with Crippen molar-refractivity contribution >= 4 is 33.0 Å². The first-order valence-corrected chi connectivity index (χ1v) is 8.30. The minimum Gasteiger partial charge on any atom is -0.225 e. The van der Waals surface area contributed by atoms with Crippen LogP contribution in [0.1, 0.15) is 24.3 Å². The third-order valence-corrected chi connectivity index (χ3v) is 5.11. The van der Waals surface area contributed by atoms with Gasteiger partial charge in [0.2, 0.25) is 15.3 Å². The molecular weight excluding hydrogens is 306 g/mol. The first-order chi connectivity index (χ1) is 9.03. The van der Waals surface area contributed by atoms with E-state index in [1.165, 1.54) is 23.7 Å². The smallest absolute Gasteiger partial charge is 0.225 e. The average Bonchev–Trinajstić information content (AvgIpc) is 2.90. The molecule has 5 nitrogen and oxygen atoms in total. The Labute approximate surface area is 120 Å². The molecule has 0 aliphatic rings. The molecule has 1 N–H and O–H groups in total. The van der Waals surface area contributed by atoms with Crippen LogP contribution in [0.4, 0.5) is 0 Å². The standard InChI is InChI=1S/C11H12ClN3O2S2/c1-2-9(10-4-3-5-18-10)15-19(16,17)8-6-13-11(12)14-7-8/h3-7,9,15H,2H2,1H3. The van der Waals surface area contributed by atoms with Gasteiger partial charge < -0.3 is 0 Å². The van der Waals surface area contributed by atoms with Crippen LogP contribution in [0.3, 0.4) is 0 Å². The summed E-state index contributed by atoms with van der Waals surface area (Å²) < 4.78 is 27.0. The molecule has 1 atom stereocenters. The second-order valence-corrected chi connectivity index (χ2v) is 6.82. The summed E-state index contributed by atoms with van der Waals surface area (Å²) in [5, 5.41) is 1.93. The molecule has 19 heavy (non-hydrogen) atoms. The molecule has 0 aliphatic carbocycles. The summed E-state index contributed by atoms with van der Waals surface area (Å²) in [4.78, 5) is 8.34. The zero-order valence-corrected chi connectivity index (χ0v) is 12.5. The van der Waals surface area contributed by atoms with Crippen LogP contribution >= 0.6 is 22.9 Å². The van der Waals surface area contributed by atoms with Crippen molar-refractivity contribution in [2.75, 3.05) is 0 Å². The molecule has 1 unspecified atom stereocenters. The van der Waals surface area contributed by atoms with E-state index in [0.29, 0.717) is 6.42 Å². The van der Waals surface area contributed by atoms with E-state index in [0.717, 1.165) is 4.88 Å². The lowest BCUT2D eigenvalue weighted by atomic mass is 10.2. The first kappa shape index (κ1) is 14.4. The molecule has 0 saturated heterocycles. The molecule has 2 aromatic heterocycles. The molecule has 0 saturated carbocycles. The quantitative estimate of drug-likeness (QED) is 0.860. The predicted molar refractivity (Wildman–Crippen MR) is 74.7 cm³/mol. The summed E-state index contributed by atoms with van der Waals surface area (Å²) in [5.41, 5.74) is 0. The molecule has 0 spiro atoms. The topological polar surface area (TPSA) is 72.0 Å². The lowest BCUT2D eigenvalue weighted by Gasteiger charge is -2.15. The SMILES string of the molecule is CCC(NS(=O)(=O)c1cnc(Cl)nc1)c1cccs1. The molecule has 0 radical (unpaired) electrons. The highest BCUT2D eigenvalue weighted by Crippen LogP contribution is 2.23. The lowest BCUT2D eigenvalue weighted by molar-refractivity contribution is 0.552. The third-order valence-electron chi connectivity index (χ3n) is 2.50. The molecular formula is C11H12ClN3O2S2. The van der Waals surface area contributed by atoms with Gasteiger partial charge in [-0.15, -0.1) is 11.3 Å². The Bertz CT molecular complexity index is 626.